The highest BCUT2D eigenvalue weighted by Gasteiger charge is 2.61. The van der Waals surface area contributed by atoms with E-state index in [2.05, 4.69) is 25.5 Å². The van der Waals surface area contributed by atoms with Gasteiger partial charge in [-0.3, -0.25) is 0 Å². The SMILES string of the molecule is CC(C)(C)S(=O)NC1(C)C2CCC(C2)C1(C)C. The van der Waals surface area contributed by atoms with Crippen molar-refractivity contribution in [3.05, 3.63) is 0 Å². The van der Waals surface area contributed by atoms with Crippen molar-refractivity contribution < 1.29 is 4.21 Å². The maximum atomic E-state index is 12.4. The molecule has 2 fully saturated rings. The molecule has 0 saturated heterocycles. The van der Waals surface area contributed by atoms with Crippen molar-refractivity contribution in [2.75, 3.05) is 0 Å². The normalized spacial score (nSPS) is 41.8. The van der Waals surface area contributed by atoms with Crippen LogP contribution in [0.1, 0.15) is 60.8 Å². The van der Waals surface area contributed by atoms with Gasteiger partial charge >= 0.3 is 0 Å². The van der Waals surface area contributed by atoms with Gasteiger partial charge in [-0.1, -0.05) is 13.8 Å². The van der Waals surface area contributed by atoms with Crippen LogP contribution >= 0.6 is 0 Å². The quantitative estimate of drug-likeness (QED) is 0.808. The van der Waals surface area contributed by atoms with Crippen molar-refractivity contribution in [1.29, 1.82) is 0 Å². The van der Waals surface area contributed by atoms with Gasteiger partial charge in [-0.15, -0.1) is 0 Å². The van der Waals surface area contributed by atoms with Crippen molar-refractivity contribution in [3.63, 3.8) is 0 Å². The first-order valence-electron chi connectivity index (χ1n) is 6.79. The second kappa shape index (κ2) is 3.80. The third-order valence-corrected chi connectivity index (χ3v) is 7.19. The van der Waals surface area contributed by atoms with Gasteiger partial charge in [0.25, 0.3) is 0 Å². The first-order chi connectivity index (χ1) is 7.59. The molecule has 4 atom stereocenters. The van der Waals surface area contributed by atoms with Crippen LogP contribution in [0.5, 0.6) is 0 Å². The van der Waals surface area contributed by atoms with E-state index >= 15 is 0 Å². The Kier molecular flexibility index (Phi) is 3.03. The Hall–Kier alpha value is 0.110. The van der Waals surface area contributed by atoms with Gasteiger partial charge in [-0.2, -0.15) is 0 Å². The number of hydrogen-bond donors (Lipinski definition) is 1. The standard InChI is InChI=1S/C14H27NOS/c1-12(2,3)17(16)15-14(6)11-8-7-10(9-11)13(14,4)5/h10-11,15H,7-9H2,1-6H3. The summed E-state index contributed by atoms with van der Waals surface area (Å²) >= 11 is 0. The van der Waals surface area contributed by atoms with Gasteiger partial charge in [-0.25, -0.2) is 8.93 Å². The van der Waals surface area contributed by atoms with Crippen LogP contribution in [0, 0.1) is 17.3 Å². The second-order valence-electron chi connectivity index (χ2n) is 7.61. The van der Waals surface area contributed by atoms with E-state index in [9.17, 15) is 4.21 Å². The zero-order chi connectivity index (χ0) is 13.1. The van der Waals surface area contributed by atoms with Crippen molar-refractivity contribution in [3.8, 4) is 0 Å². The lowest BCUT2D eigenvalue weighted by atomic mass is 9.65. The zero-order valence-corrected chi connectivity index (χ0v) is 12.9. The highest BCUT2D eigenvalue weighted by Crippen LogP contribution is 2.61. The monoisotopic (exact) mass is 257 g/mol. The van der Waals surface area contributed by atoms with Crippen LogP contribution in [0.15, 0.2) is 0 Å². The summed E-state index contributed by atoms with van der Waals surface area (Å²) in [7, 11) is -0.965. The summed E-state index contributed by atoms with van der Waals surface area (Å²) in [6.45, 7) is 13.1. The molecule has 0 aromatic carbocycles. The summed E-state index contributed by atoms with van der Waals surface area (Å²) in [6.07, 6.45) is 3.98. The maximum absolute atomic E-state index is 12.4. The van der Waals surface area contributed by atoms with Crippen LogP contribution in [0.3, 0.4) is 0 Å². The molecule has 0 aromatic heterocycles. The Bertz CT molecular complexity index is 345. The average Bonchev–Trinajstić information content (AvgIpc) is 2.69. The lowest BCUT2D eigenvalue weighted by Gasteiger charge is -2.48. The molecule has 2 aliphatic rings. The molecule has 1 N–H and O–H groups in total. The topological polar surface area (TPSA) is 29.1 Å². The van der Waals surface area contributed by atoms with Gasteiger partial charge in [0.05, 0.1) is 15.7 Å². The summed E-state index contributed by atoms with van der Waals surface area (Å²) in [5.41, 5.74) is 0.297. The smallest absolute Gasteiger partial charge is 0.0975 e. The molecule has 0 radical (unpaired) electrons. The summed E-state index contributed by atoms with van der Waals surface area (Å²) in [6, 6.07) is 0. The molecule has 4 unspecified atom stereocenters. The molecule has 2 aliphatic carbocycles. The number of hydrogen-bond acceptors (Lipinski definition) is 1. The molecule has 0 aromatic rings. The van der Waals surface area contributed by atoms with Crippen LogP contribution in [-0.4, -0.2) is 14.5 Å². The number of rotatable bonds is 2. The largest absolute Gasteiger partial charge is 0.242 e. The Balaban J connectivity index is 2.22. The van der Waals surface area contributed by atoms with Crippen molar-refractivity contribution in [2.24, 2.45) is 17.3 Å². The minimum atomic E-state index is -0.965. The molecule has 3 heteroatoms. The lowest BCUT2D eigenvalue weighted by Crippen LogP contribution is -2.59. The molecular formula is C14H27NOS. The van der Waals surface area contributed by atoms with E-state index in [0.717, 1.165) is 5.92 Å². The van der Waals surface area contributed by atoms with Gasteiger partial charge in [0, 0.05) is 5.54 Å². The van der Waals surface area contributed by atoms with Gasteiger partial charge in [0.2, 0.25) is 0 Å². The minimum absolute atomic E-state index is 0.0358. The molecule has 2 rings (SSSR count). The van der Waals surface area contributed by atoms with Crippen LogP contribution in [0.4, 0.5) is 0 Å². The Labute approximate surface area is 109 Å². The molecule has 0 spiro atoms. The fourth-order valence-corrected chi connectivity index (χ4v) is 4.79. The van der Waals surface area contributed by atoms with Gasteiger partial charge < -0.3 is 0 Å². The molecule has 2 bridgehead atoms. The highest BCUT2D eigenvalue weighted by molar-refractivity contribution is 7.84. The third-order valence-electron chi connectivity index (χ3n) is 5.47. The molecule has 0 amide bonds. The summed E-state index contributed by atoms with van der Waals surface area (Å²) in [4.78, 5) is 0. The molecular weight excluding hydrogens is 230 g/mol. The number of fused-ring (bicyclic) bond motifs is 2. The summed E-state index contributed by atoms with van der Waals surface area (Å²) < 4.78 is 15.7. The fraction of sp³-hybridized carbons (Fsp3) is 1.00. The molecule has 100 valence electrons. The first kappa shape index (κ1) is 13.5. The highest BCUT2D eigenvalue weighted by atomic mass is 32.2. The van der Waals surface area contributed by atoms with Crippen LogP contribution in [0.2, 0.25) is 0 Å². The van der Waals surface area contributed by atoms with Crippen LogP contribution in [-0.2, 0) is 11.0 Å². The Morgan fingerprint density at radius 3 is 2.06 bits per heavy atom. The van der Waals surface area contributed by atoms with E-state index < -0.39 is 11.0 Å². The maximum Gasteiger partial charge on any atom is 0.0975 e. The van der Waals surface area contributed by atoms with E-state index in [1.807, 2.05) is 20.8 Å². The average molecular weight is 257 g/mol. The predicted octanol–water partition coefficient (Wildman–Crippen LogP) is 3.25. The molecule has 2 saturated carbocycles. The third kappa shape index (κ3) is 1.90. The van der Waals surface area contributed by atoms with E-state index in [-0.39, 0.29) is 15.7 Å². The van der Waals surface area contributed by atoms with Gasteiger partial charge in [-0.05, 0) is 64.2 Å². The predicted molar refractivity (Wildman–Crippen MR) is 74.0 cm³/mol. The van der Waals surface area contributed by atoms with Crippen molar-refractivity contribution in [1.82, 2.24) is 4.72 Å². The summed E-state index contributed by atoms with van der Waals surface area (Å²) in [5, 5.41) is 0. The van der Waals surface area contributed by atoms with Gasteiger partial charge in [0.15, 0.2) is 0 Å². The molecule has 17 heavy (non-hydrogen) atoms. The van der Waals surface area contributed by atoms with E-state index in [4.69, 9.17) is 0 Å². The van der Waals surface area contributed by atoms with E-state index in [0.29, 0.717) is 5.92 Å². The summed E-state index contributed by atoms with van der Waals surface area (Å²) in [5.74, 6) is 1.51. The van der Waals surface area contributed by atoms with Crippen LogP contribution < -0.4 is 4.72 Å². The van der Waals surface area contributed by atoms with Crippen molar-refractivity contribution >= 4 is 11.0 Å². The molecule has 2 nitrogen and oxygen atoms in total. The van der Waals surface area contributed by atoms with Crippen molar-refractivity contribution in [2.45, 2.75) is 71.1 Å². The first-order valence-corrected chi connectivity index (χ1v) is 7.94. The van der Waals surface area contributed by atoms with Crippen LogP contribution in [0.25, 0.3) is 0 Å². The Morgan fingerprint density at radius 2 is 1.65 bits per heavy atom. The fourth-order valence-electron chi connectivity index (χ4n) is 3.67. The Morgan fingerprint density at radius 1 is 1.12 bits per heavy atom. The molecule has 0 aliphatic heterocycles. The lowest BCUT2D eigenvalue weighted by molar-refractivity contribution is 0.0875. The molecule has 0 heterocycles. The zero-order valence-electron chi connectivity index (χ0n) is 12.1. The van der Waals surface area contributed by atoms with E-state index in [1.54, 1.807) is 0 Å². The van der Waals surface area contributed by atoms with E-state index in [1.165, 1.54) is 19.3 Å². The van der Waals surface area contributed by atoms with Gasteiger partial charge in [0.1, 0.15) is 0 Å². The number of nitrogens with one attached hydrogen (secondary N) is 1. The minimum Gasteiger partial charge on any atom is -0.242 e. The second-order valence-corrected chi connectivity index (χ2v) is 9.58.